The average Bonchev–Trinajstić information content (AvgIpc) is 3.29. The van der Waals surface area contributed by atoms with E-state index in [9.17, 15) is 4.79 Å². The molecule has 4 rings (SSSR count). The highest BCUT2D eigenvalue weighted by Gasteiger charge is 2.13. The van der Waals surface area contributed by atoms with Gasteiger partial charge < -0.3 is 10.0 Å². The predicted molar refractivity (Wildman–Crippen MR) is 141 cm³/mol. The Bertz CT molecular complexity index is 1310. The van der Waals surface area contributed by atoms with Gasteiger partial charge in [-0.15, -0.1) is 11.3 Å². The van der Waals surface area contributed by atoms with Gasteiger partial charge in [0.15, 0.2) is 0 Å². The van der Waals surface area contributed by atoms with Crippen LogP contribution in [-0.4, -0.2) is 11.1 Å². The monoisotopic (exact) mass is 578 g/mol. The normalized spacial score (nSPS) is 11.1. The lowest BCUT2D eigenvalue weighted by Gasteiger charge is -2.25. The quantitative estimate of drug-likeness (QED) is 0.184. The fraction of sp³-hybridized carbons (Fsp3) is 0. The Balaban J connectivity index is 1.67. The third kappa shape index (κ3) is 5.42. The SMILES string of the molecule is N#C/C(=C\c1ccc(-c2ccc(N(c3ccc(Br)cc3)c3ccc(Br)cc3)cc2)s1)C(=O)O. The van der Waals surface area contributed by atoms with Crippen LogP contribution in [0.2, 0.25) is 0 Å². The average molecular weight is 580 g/mol. The molecule has 0 aliphatic rings. The lowest BCUT2D eigenvalue weighted by atomic mass is 10.1. The molecule has 33 heavy (non-hydrogen) atoms. The summed E-state index contributed by atoms with van der Waals surface area (Å²) in [5.74, 6) is -1.22. The number of hydrogen-bond acceptors (Lipinski definition) is 4. The molecular weight excluding hydrogens is 564 g/mol. The molecule has 0 radical (unpaired) electrons. The van der Waals surface area contributed by atoms with E-state index in [0.717, 1.165) is 41.3 Å². The van der Waals surface area contributed by atoms with E-state index in [4.69, 9.17) is 10.4 Å². The van der Waals surface area contributed by atoms with Crippen molar-refractivity contribution in [3.8, 4) is 16.5 Å². The highest BCUT2D eigenvalue weighted by atomic mass is 79.9. The number of halogens is 2. The van der Waals surface area contributed by atoms with Crippen LogP contribution in [-0.2, 0) is 4.79 Å². The van der Waals surface area contributed by atoms with Crippen molar-refractivity contribution in [1.82, 2.24) is 0 Å². The molecule has 0 bridgehead atoms. The van der Waals surface area contributed by atoms with Gasteiger partial charge in [-0.25, -0.2) is 4.79 Å². The zero-order valence-electron chi connectivity index (χ0n) is 17.1. The Morgan fingerprint density at radius 3 is 1.76 bits per heavy atom. The molecule has 1 aromatic heterocycles. The van der Waals surface area contributed by atoms with Crippen LogP contribution in [0.4, 0.5) is 17.1 Å². The Morgan fingerprint density at radius 2 is 1.30 bits per heavy atom. The molecule has 162 valence electrons. The van der Waals surface area contributed by atoms with E-state index in [-0.39, 0.29) is 5.57 Å². The molecule has 0 fully saturated rings. The lowest BCUT2D eigenvalue weighted by molar-refractivity contribution is -0.132. The third-order valence-electron chi connectivity index (χ3n) is 4.84. The molecule has 0 unspecified atom stereocenters. The fourth-order valence-electron chi connectivity index (χ4n) is 3.27. The molecule has 1 N–H and O–H groups in total. The molecule has 3 aromatic carbocycles. The van der Waals surface area contributed by atoms with Gasteiger partial charge in [0.25, 0.3) is 0 Å². The summed E-state index contributed by atoms with van der Waals surface area (Å²) in [5.41, 5.74) is 3.82. The summed E-state index contributed by atoms with van der Waals surface area (Å²) < 4.78 is 2.03. The Hall–Kier alpha value is -3.18. The van der Waals surface area contributed by atoms with Gasteiger partial charge >= 0.3 is 5.97 Å². The molecule has 7 heteroatoms. The van der Waals surface area contributed by atoms with Crippen molar-refractivity contribution in [2.45, 2.75) is 0 Å². The van der Waals surface area contributed by atoms with Crippen molar-refractivity contribution in [1.29, 1.82) is 5.26 Å². The number of thiophene rings is 1. The second kappa shape index (κ2) is 10.2. The highest BCUT2D eigenvalue weighted by molar-refractivity contribution is 9.10. The zero-order chi connectivity index (χ0) is 23.4. The lowest BCUT2D eigenvalue weighted by Crippen LogP contribution is -2.09. The van der Waals surface area contributed by atoms with Crippen molar-refractivity contribution in [3.05, 3.63) is 104 Å². The molecule has 0 amide bonds. The highest BCUT2D eigenvalue weighted by Crippen LogP contribution is 2.37. The maximum Gasteiger partial charge on any atom is 0.346 e. The Morgan fingerprint density at radius 1 is 0.818 bits per heavy atom. The van der Waals surface area contributed by atoms with Crippen LogP contribution in [0.25, 0.3) is 16.5 Å². The predicted octanol–water partition coefficient (Wildman–Crippen LogP) is 8.40. The number of benzene rings is 3. The Labute approximate surface area is 212 Å². The molecule has 4 aromatic rings. The van der Waals surface area contributed by atoms with Gasteiger partial charge in [-0.3, -0.25) is 0 Å². The van der Waals surface area contributed by atoms with Crippen LogP contribution >= 0.6 is 43.2 Å². The second-order valence-electron chi connectivity index (χ2n) is 7.01. The van der Waals surface area contributed by atoms with Crippen LogP contribution < -0.4 is 4.90 Å². The van der Waals surface area contributed by atoms with Crippen LogP contribution in [0.1, 0.15) is 4.88 Å². The number of hydrogen-bond donors (Lipinski definition) is 1. The molecule has 0 aliphatic carbocycles. The maximum absolute atomic E-state index is 11.1. The van der Waals surface area contributed by atoms with E-state index in [1.165, 1.54) is 17.4 Å². The minimum atomic E-state index is -1.22. The third-order valence-corrected chi connectivity index (χ3v) is 6.98. The van der Waals surface area contributed by atoms with Gasteiger partial charge in [0.05, 0.1) is 0 Å². The first-order valence-corrected chi connectivity index (χ1v) is 12.2. The van der Waals surface area contributed by atoms with Gasteiger partial charge in [0.2, 0.25) is 0 Å². The number of anilines is 3. The van der Waals surface area contributed by atoms with Gasteiger partial charge in [-0.05, 0) is 84.4 Å². The standard InChI is InChI=1S/C26H16Br2N2O2S/c27-19-3-9-22(10-4-19)30(23-11-5-20(28)6-12-23)21-7-1-17(2-8-21)25-14-13-24(33-25)15-18(16-29)26(31)32/h1-15H,(H,31,32)/b18-15+. The molecular formula is C26H16Br2N2O2S. The molecule has 1 heterocycles. The van der Waals surface area contributed by atoms with Gasteiger partial charge in [0, 0.05) is 35.8 Å². The number of carbonyl (C=O) groups is 1. The molecule has 0 atom stereocenters. The fourth-order valence-corrected chi connectivity index (χ4v) is 4.76. The molecule has 0 saturated heterocycles. The van der Waals surface area contributed by atoms with Crippen LogP contribution in [0.15, 0.2) is 99.4 Å². The molecule has 0 aliphatic heterocycles. The minimum Gasteiger partial charge on any atom is -0.477 e. The first kappa shape index (κ1) is 23.0. The summed E-state index contributed by atoms with van der Waals surface area (Å²) in [5, 5.41) is 18.0. The van der Waals surface area contributed by atoms with Crippen LogP contribution in [0, 0.1) is 11.3 Å². The summed E-state index contributed by atoms with van der Waals surface area (Å²) >= 11 is 8.45. The number of aliphatic carboxylic acids is 1. The minimum absolute atomic E-state index is 0.279. The van der Waals surface area contributed by atoms with Crippen molar-refractivity contribution in [3.63, 3.8) is 0 Å². The molecule has 0 spiro atoms. The topological polar surface area (TPSA) is 64.3 Å². The summed E-state index contributed by atoms with van der Waals surface area (Å²) in [6.07, 6.45) is 1.40. The number of nitrogens with zero attached hydrogens (tertiary/aromatic N) is 2. The number of carboxylic acids is 1. The summed E-state index contributed by atoms with van der Waals surface area (Å²) in [4.78, 5) is 15.0. The Kier molecular flexibility index (Phi) is 7.09. The van der Waals surface area contributed by atoms with E-state index in [1.54, 1.807) is 6.07 Å². The van der Waals surface area contributed by atoms with Crippen molar-refractivity contribution in [2.75, 3.05) is 4.90 Å². The smallest absolute Gasteiger partial charge is 0.346 e. The number of carboxylic acid groups (broad SMARTS) is 1. The first-order valence-electron chi connectivity index (χ1n) is 9.81. The van der Waals surface area contributed by atoms with Crippen molar-refractivity contribution >= 4 is 72.3 Å². The summed E-state index contributed by atoms with van der Waals surface area (Å²) in [6.45, 7) is 0. The van der Waals surface area contributed by atoms with Crippen molar-refractivity contribution in [2.24, 2.45) is 0 Å². The van der Waals surface area contributed by atoms with E-state index >= 15 is 0 Å². The summed E-state index contributed by atoms with van der Waals surface area (Å²) in [7, 11) is 0. The van der Waals surface area contributed by atoms with E-state index < -0.39 is 5.97 Å². The maximum atomic E-state index is 11.1. The van der Waals surface area contributed by atoms with E-state index in [2.05, 4.69) is 73.2 Å². The second-order valence-corrected chi connectivity index (χ2v) is 9.96. The zero-order valence-corrected chi connectivity index (χ0v) is 21.1. The first-order chi connectivity index (χ1) is 15.9. The van der Waals surface area contributed by atoms with Gasteiger partial charge in [0.1, 0.15) is 11.6 Å². The van der Waals surface area contributed by atoms with Gasteiger partial charge in [-0.1, -0.05) is 44.0 Å². The number of nitriles is 1. The summed E-state index contributed by atoms with van der Waals surface area (Å²) in [6, 6.07) is 30.0. The largest absolute Gasteiger partial charge is 0.477 e. The van der Waals surface area contributed by atoms with Crippen LogP contribution in [0.3, 0.4) is 0 Å². The van der Waals surface area contributed by atoms with Crippen molar-refractivity contribution < 1.29 is 9.90 Å². The molecule has 0 saturated carbocycles. The van der Waals surface area contributed by atoms with Crippen LogP contribution in [0.5, 0.6) is 0 Å². The van der Waals surface area contributed by atoms with Gasteiger partial charge in [-0.2, -0.15) is 5.26 Å². The number of rotatable bonds is 6. The van der Waals surface area contributed by atoms with E-state index in [1.807, 2.05) is 48.5 Å². The van der Waals surface area contributed by atoms with E-state index in [0.29, 0.717) is 0 Å². The molecule has 4 nitrogen and oxygen atoms in total.